The lowest BCUT2D eigenvalue weighted by Crippen LogP contribution is -2.16. The first kappa shape index (κ1) is 16.5. The van der Waals surface area contributed by atoms with E-state index in [1.54, 1.807) is 43.7 Å². The molecule has 128 valence electrons. The van der Waals surface area contributed by atoms with Gasteiger partial charge in [0, 0.05) is 11.4 Å². The summed E-state index contributed by atoms with van der Waals surface area (Å²) in [5.41, 5.74) is 1.63. The summed E-state index contributed by atoms with van der Waals surface area (Å²) in [6.45, 7) is 2.25. The minimum atomic E-state index is -0.309. The van der Waals surface area contributed by atoms with Gasteiger partial charge in [-0.25, -0.2) is 9.97 Å². The Morgan fingerprint density at radius 1 is 1.20 bits per heavy atom. The third-order valence-corrected chi connectivity index (χ3v) is 3.44. The molecule has 1 amide bonds. The molecule has 1 aromatic carbocycles. The molecule has 0 radical (unpaired) electrons. The second-order valence-electron chi connectivity index (χ2n) is 5.33. The van der Waals surface area contributed by atoms with Gasteiger partial charge >= 0.3 is 0 Å². The molecule has 3 rings (SSSR count). The Morgan fingerprint density at radius 2 is 2.00 bits per heavy atom. The molecule has 0 atom stereocenters. The highest BCUT2D eigenvalue weighted by Gasteiger charge is 2.11. The van der Waals surface area contributed by atoms with E-state index in [0.717, 1.165) is 11.5 Å². The highest BCUT2D eigenvalue weighted by Crippen LogP contribution is 2.16. The number of benzene rings is 1. The van der Waals surface area contributed by atoms with Crippen LogP contribution in [0.15, 0.2) is 53.1 Å². The number of ether oxygens (including phenoxy) is 1. The highest BCUT2D eigenvalue weighted by atomic mass is 16.5. The van der Waals surface area contributed by atoms with Gasteiger partial charge in [0.15, 0.2) is 0 Å². The van der Waals surface area contributed by atoms with Crippen LogP contribution in [0, 0.1) is 6.92 Å². The van der Waals surface area contributed by atoms with Crippen molar-refractivity contribution in [3.63, 3.8) is 0 Å². The van der Waals surface area contributed by atoms with Crippen molar-refractivity contribution in [2.45, 2.75) is 13.5 Å². The van der Waals surface area contributed by atoms with Crippen LogP contribution in [0.25, 0.3) is 0 Å². The number of hydrogen-bond donors (Lipinski definition) is 2. The normalized spacial score (nSPS) is 10.3. The number of aryl methyl sites for hydroxylation is 1. The lowest BCUT2D eigenvalue weighted by Gasteiger charge is -2.09. The number of aromatic nitrogens is 2. The van der Waals surface area contributed by atoms with E-state index >= 15 is 0 Å². The van der Waals surface area contributed by atoms with Crippen molar-refractivity contribution in [1.82, 2.24) is 9.97 Å². The van der Waals surface area contributed by atoms with E-state index in [9.17, 15) is 4.79 Å². The Balaban J connectivity index is 1.70. The molecule has 0 fully saturated rings. The third-order valence-electron chi connectivity index (χ3n) is 3.44. The van der Waals surface area contributed by atoms with Gasteiger partial charge in [-0.2, -0.15) is 0 Å². The molecule has 0 aliphatic carbocycles. The molecule has 0 aliphatic rings. The van der Waals surface area contributed by atoms with Crippen LogP contribution < -0.4 is 15.4 Å². The summed E-state index contributed by atoms with van der Waals surface area (Å²) >= 11 is 0. The Bertz CT molecular complexity index is 845. The maximum Gasteiger partial charge on any atom is 0.274 e. The van der Waals surface area contributed by atoms with Gasteiger partial charge in [-0.15, -0.1) is 0 Å². The van der Waals surface area contributed by atoms with Crippen molar-refractivity contribution in [2.24, 2.45) is 0 Å². The number of carbonyl (C=O) groups excluding carboxylic acids is 1. The summed E-state index contributed by atoms with van der Waals surface area (Å²) in [6.07, 6.45) is 1.60. The number of nitrogens with zero attached hydrogens (tertiary/aromatic N) is 2. The number of furan rings is 1. The average Bonchev–Trinajstić information content (AvgIpc) is 3.14. The van der Waals surface area contributed by atoms with E-state index in [0.29, 0.717) is 23.9 Å². The van der Waals surface area contributed by atoms with Crippen LogP contribution >= 0.6 is 0 Å². The van der Waals surface area contributed by atoms with Crippen molar-refractivity contribution < 1.29 is 13.9 Å². The summed E-state index contributed by atoms with van der Waals surface area (Å²) in [5, 5.41) is 5.85. The van der Waals surface area contributed by atoms with Crippen LogP contribution in [0.1, 0.15) is 21.9 Å². The first-order chi connectivity index (χ1) is 12.1. The molecule has 2 N–H and O–H groups in total. The Labute approximate surface area is 145 Å². The summed E-state index contributed by atoms with van der Waals surface area (Å²) in [4.78, 5) is 21.0. The molecule has 2 heterocycles. The zero-order valence-corrected chi connectivity index (χ0v) is 13.9. The maximum atomic E-state index is 12.4. The van der Waals surface area contributed by atoms with Crippen molar-refractivity contribution in [3.8, 4) is 5.75 Å². The molecule has 0 aliphatic heterocycles. The quantitative estimate of drug-likeness (QED) is 0.717. The summed E-state index contributed by atoms with van der Waals surface area (Å²) in [6, 6.07) is 12.4. The van der Waals surface area contributed by atoms with E-state index in [1.807, 2.05) is 19.1 Å². The minimum absolute atomic E-state index is 0.283. The number of hydrogen-bond acceptors (Lipinski definition) is 6. The molecule has 2 aromatic heterocycles. The van der Waals surface area contributed by atoms with Crippen molar-refractivity contribution in [2.75, 3.05) is 17.7 Å². The predicted octanol–water partition coefficient (Wildman–Crippen LogP) is 3.25. The standard InChI is InChI=1S/C18H18N4O3/c1-12-10-16(17(23)21-13-5-7-14(24-2)8-6-13)22-18(20-12)19-11-15-4-3-9-25-15/h3-10H,11H2,1-2H3,(H,21,23)(H,19,20,22). The summed E-state index contributed by atoms with van der Waals surface area (Å²) in [5.74, 6) is 1.54. The SMILES string of the molecule is COc1ccc(NC(=O)c2cc(C)nc(NCc3ccco3)n2)cc1. The van der Waals surface area contributed by atoms with Gasteiger partial charge in [-0.3, -0.25) is 4.79 Å². The highest BCUT2D eigenvalue weighted by molar-refractivity contribution is 6.03. The Morgan fingerprint density at radius 3 is 2.68 bits per heavy atom. The fourth-order valence-electron chi connectivity index (χ4n) is 2.21. The number of amides is 1. The van der Waals surface area contributed by atoms with Crippen LogP contribution in [0.5, 0.6) is 5.75 Å². The minimum Gasteiger partial charge on any atom is -0.497 e. The third kappa shape index (κ3) is 4.35. The number of anilines is 2. The van der Waals surface area contributed by atoms with Gasteiger partial charge in [0.1, 0.15) is 17.2 Å². The summed E-state index contributed by atoms with van der Waals surface area (Å²) < 4.78 is 10.4. The fourth-order valence-corrected chi connectivity index (χ4v) is 2.21. The largest absolute Gasteiger partial charge is 0.497 e. The molecule has 0 spiro atoms. The van der Waals surface area contributed by atoms with Gasteiger partial charge in [0.05, 0.1) is 19.9 Å². The Hall–Kier alpha value is -3.35. The maximum absolute atomic E-state index is 12.4. The van der Waals surface area contributed by atoms with E-state index in [-0.39, 0.29) is 11.6 Å². The van der Waals surface area contributed by atoms with E-state index in [4.69, 9.17) is 9.15 Å². The second kappa shape index (κ2) is 7.48. The van der Waals surface area contributed by atoms with E-state index < -0.39 is 0 Å². The number of rotatable bonds is 6. The monoisotopic (exact) mass is 338 g/mol. The first-order valence-corrected chi connectivity index (χ1v) is 7.71. The van der Waals surface area contributed by atoms with E-state index in [2.05, 4.69) is 20.6 Å². The summed E-state index contributed by atoms with van der Waals surface area (Å²) in [7, 11) is 1.59. The molecule has 3 aromatic rings. The molecule has 0 unspecified atom stereocenters. The van der Waals surface area contributed by atoms with Gasteiger partial charge in [0.25, 0.3) is 5.91 Å². The molecule has 7 nitrogen and oxygen atoms in total. The molecule has 0 saturated heterocycles. The topological polar surface area (TPSA) is 89.3 Å². The van der Waals surface area contributed by atoms with Gasteiger partial charge in [0.2, 0.25) is 5.95 Å². The van der Waals surface area contributed by atoms with Crippen LogP contribution in [-0.4, -0.2) is 23.0 Å². The van der Waals surface area contributed by atoms with Crippen molar-refractivity contribution in [3.05, 3.63) is 65.9 Å². The van der Waals surface area contributed by atoms with Crippen molar-refractivity contribution >= 4 is 17.5 Å². The van der Waals surface area contributed by atoms with Crippen LogP contribution in [0.2, 0.25) is 0 Å². The zero-order chi connectivity index (χ0) is 17.6. The molecule has 0 bridgehead atoms. The van der Waals surface area contributed by atoms with Gasteiger partial charge < -0.3 is 19.8 Å². The van der Waals surface area contributed by atoms with Gasteiger partial charge in [-0.1, -0.05) is 0 Å². The molecular formula is C18H18N4O3. The average molecular weight is 338 g/mol. The van der Waals surface area contributed by atoms with Crippen molar-refractivity contribution in [1.29, 1.82) is 0 Å². The predicted molar refractivity (Wildman–Crippen MR) is 93.8 cm³/mol. The Kier molecular flexibility index (Phi) is 4.94. The smallest absolute Gasteiger partial charge is 0.274 e. The number of carbonyl (C=O) groups is 1. The van der Waals surface area contributed by atoms with Gasteiger partial charge in [-0.05, 0) is 49.4 Å². The van der Waals surface area contributed by atoms with Crippen LogP contribution in [-0.2, 0) is 6.54 Å². The molecule has 0 saturated carbocycles. The number of methoxy groups -OCH3 is 1. The second-order valence-corrected chi connectivity index (χ2v) is 5.33. The lowest BCUT2D eigenvalue weighted by molar-refractivity contribution is 0.102. The molecule has 25 heavy (non-hydrogen) atoms. The molecule has 7 heteroatoms. The zero-order valence-electron chi connectivity index (χ0n) is 13.9. The van der Waals surface area contributed by atoms with E-state index in [1.165, 1.54) is 0 Å². The fraction of sp³-hybridized carbons (Fsp3) is 0.167. The molecular weight excluding hydrogens is 320 g/mol. The van der Waals surface area contributed by atoms with Crippen LogP contribution in [0.4, 0.5) is 11.6 Å². The first-order valence-electron chi connectivity index (χ1n) is 7.71. The number of nitrogens with one attached hydrogen (secondary N) is 2. The van der Waals surface area contributed by atoms with Crippen LogP contribution in [0.3, 0.4) is 0 Å². The lowest BCUT2D eigenvalue weighted by atomic mass is 10.2.